The lowest BCUT2D eigenvalue weighted by atomic mass is 10.0. The van der Waals surface area contributed by atoms with Crippen LogP contribution in [0.5, 0.6) is 0 Å². The molecule has 2 heterocycles. The predicted molar refractivity (Wildman–Crippen MR) is 149 cm³/mol. The second-order valence-electron chi connectivity index (χ2n) is 11.1. The van der Waals surface area contributed by atoms with Crippen LogP contribution in [0.25, 0.3) is 0 Å². The van der Waals surface area contributed by atoms with Crippen LogP contribution in [0.4, 0.5) is 0 Å². The topological polar surface area (TPSA) is 80.3 Å². The summed E-state index contributed by atoms with van der Waals surface area (Å²) in [5.41, 5.74) is 0.921. The van der Waals surface area contributed by atoms with Gasteiger partial charge < -0.3 is 23.7 Å². The van der Waals surface area contributed by atoms with Gasteiger partial charge in [0.25, 0.3) is 5.76 Å². The fraction of sp³-hybridized carbons (Fsp3) is 0.688. The number of ether oxygens (including phenoxy) is 5. The molecule has 0 spiro atoms. The number of esters is 2. The van der Waals surface area contributed by atoms with Crippen molar-refractivity contribution in [2.75, 3.05) is 6.61 Å². The van der Waals surface area contributed by atoms with Gasteiger partial charge in [-0.25, -0.2) is 4.79 Å². The molecular weight excluding hydrogens is 496 g/mol. The molecule has 0 bridgehead atoms. The molecule has 2 atom stereocenters. The van der Waals surface area contributed by atoms with Crippen molar-refractivity contribution in [1.82, 2.24) is 0 Å². The molecule has 1 aromatic rings. The van der Waals surface area contributed by atoms with Gasteiger partial charge in [-0.15, -0.1) is 0 Å². The summed E-state index contributed by atoms with van der Waals surface area (Å²) >= 11 is 0. The lowest BCUT2D eigenvalue weighted by molar-refractivity contribution is -0.164. The van der Waals surface area contributed by atoms with Gasteiger partial charge in [-0.05, 0) is 25.8 Å². The number of benzene rings is 1. The standard InChI is InChI=1S/C32H48O7/c1-4-5-6-7-8-9-10-11-12-13-14-15-19-22-27(33)37-30-29(35-23-25-20-17-16-18-21-25)28(38-31(30)34)26-24-36-32(2,3)39-26/h16-18,20-21,26,28H,4-15,19,22-24H2,1-3H3/t26-,28+/m0/s1. The zero-order valence-corrected chi connectivity index (χ0v) is 24.2. The van der Waals surface area contributed by atoms with Crippen LogP contribution in [0.3, 0.4) is 0 Å². The van der Waals surface area contributed by atoms with E-state index in [-0.39, 0.29) is 31.2 Å². The monoisotopic (exact) mass is 544 g/mol. The molecule has 1 saturated heterocycles. The Morgan fingerprint density at radius 1 is 0.897 bits per heavy atom. The van der Waals surface area contributed by atoms with Crippen LogP contribution in [0.1, 0.15) is 116 Å². The molecule has 0 amide bonds. The SMILES string of the molecule is CCCCCCCCCCCCCCCC(=O)OC1=C(OCc2ccccc2)[C@@H]([C@@H]2COC(C)(C)O2)OC1=O. The Morgan fingerprint density at radius 2 is 1.49 bits per heavy atom. The van der Waals surface area contributed by atoms with Gasteiger partial charge in [0.2, 0.25) is 0 Å². The van der Waals surface area contributed by atoms with Crippen molar-refractivity contribution in [2.24, 2.45) is 0 Å². The van der Waals surface area contributed by atoms with Crippen LogP contribution in [0.2, 0.25) is 0 Å². The normalized spacial score (nSPS) is 20.3. The van der Waals surface area contributed by atoms with E-state index in [0.717, 1.165) is 24.8 Å². The second-order valence-corrected chi connectivity index (χ2v) is 11.1. The number of carbonyl (C=O) groups is 2. The molecule has 0 unspecified atom stereocenters. The Kier molecular flexibility index (Phi) is 13.3. The maximum atomic E-state index is 12.7. The number of hydrogen-bond acceptors (Lipinski definition) is 7. The summed E-state index contributed by atoms with van der Waals surface area (Å²) < 4.78 is 28.7. The van der Waals surface area contributed by atoms with Crippen molar-refractivity contribution >= 4 is 11.9 Å². The predicted octanol–water partition coefficient (Wildman–Crippen LogP) is 7.52. The van der Waals surface area contributed by atoms with E-state index in [0.29, 0.717) is 0 Å². The summed E-state index contributed by atoms with van der Waals surface area (Å²) in [6.07, 6.45) is 14.9. The highest BCUT2D eigenvalue weighted by atomic mass is 16.8. The van der Waals surface area contributed by atoms with Gasteiger partial charge in [-0.3, -0.25) is 4.79 Å². The summed E-state index contributed by atoms with van der Waals surface area (Å²) in [5.74, 6) is -1.95. The fourth-order valence-corrected chi connectivity index (χ4v) is 4.99. The zero-order chi connectivity index (χ0) is 27.9. The van der Waals surface area contributed by atoms with E-state index in [2.05, 4.69) is 6.92 Å². The molecule has 39 heavy (non-hydrogen) atoms. The van der Waals surface area contributed by atoms with Crippen LogP contribution >= 0.6 is 0 Å². The molecule has 0 aliphatic carbocycles. The van der Waals surface area contributed by atoms with E-state index >= 15 is 0 Å². The molecule has 1 aromatic carbocycles. The minimum atomic E-state index is -0.831. The number of rotatable bonds is 19. The molecular formula is C32H48O7. The maximum Gasteiger partial charge on any atom is 0.378 e. The van der Waals surface area contributed by atoms with Crippen LogP contribution in [-0.4, -0.2) is 36.5 Å². The van der Waals surface area contributed by atoms with Crippen molar-refractivity contribution in [3.63, 3.8) is 0 Å². The molecule has 1 fully saturated rings. The third-order valence-corrected chi connectivity index (χ3v) is 7.21. The summed E-state index contributed by atoms with van der Waals surface area (Å²) in [6, 6.07) is 9.59. The van der Waals surface area contributed by atoms with Crippen LogP contribution in [-0.2, 0) is 39.9 Å². The summed E-state index contributed by atoms with van der Waals surface area (Å²) in [7, 11) is 0. The lowest BCUT2D eigenvalue weighted by Crippen LogP contribution is -2.33. The van der Waals surface area contributed by atoms with Gasteiger partial charge in [-0.2, -0.15) is 0 Å². The van der Waals surface area contributed by atoms with Gasteiger partial charge >= 0.3 is 11.9 Å². The Balaban J connectivity index is 1.41. The average molecular weight is 545 g/mol. The van der Waals surface area contributed by atoms with Crippen molar-refractivity contribution < 1.29 is 33.3 Å². The Labute approximate surface area is 234 Å². The molecule has 7 nitrogen and oxygen atoms in total. The largest absolute Gasteiger partial charge is 0.485 e. The van der Waals surface area contributed by atoms with Crippen LogP contribution < -0.4 is 0 Å². The van der Waals surface area contributed by atoms with Gasteiger partial charge in [0, 0.05) is 6.42 Å². The average Bonchev–Trinajstić information content (AvgIpc) is 3.44. The van der Waals surface area contributed by atoms with Gasteiger partial charge in [-0.1, -0.05) is 114 Å². The van der Waals surface area contributed by atoms with Gasteiger partial charge in [0.05, 0.1) is 6.61 Å². The fourth-order valence-electron chi connectivity index (χ4n) is 4.99. The van der Waals surface area contributed by atoms with Crippen molar-refractivity contribution in [3.8, 4) is 0 Å². The molecule has 7 heteroatoms. The molecule has 0 radical (unpaired) electrons. The van der Waals surface area contributed by atoms with Gasteiger partial charge in [0.1, 0.15) is 12.7 Å². The quantitative estimate of drug-likeness (QED) is 0.132. The van der Waals surface area contributed by atoms with Gasteiger partial charge in [0.15, 0.2) is 17.7 Å². The van der Waals surface area contributed by atoms with Crippen molar-refractivity contribution in [3.05, 3.63) is 47.4 Å². The van der Waals surface area contributed by atoms with Crippen molar-refractivity contribution in [2.45, 2.75) is 135 Å². The summed E-state index contributed by atoms with van der Waals surface area (Å²) in [5, 5.41) is 0. The molecule has 218 valence electrons. The minimum absolute atomic E-state index is 0.177. The smallest absolute Gasteiger partial charge is 0.378 e. The first-order valence-corrected chi connectivity index (χ1v) is 15.0. The van der Waals surface area contributed by atoms with E-state index < -0.39 is 29.9 Å². The number of carbonyl (C=O) groups excluding carboxylic acids is 2. The third-order valence-electron chi connectivity index (χ3n) is 7.21. The third kappa shape index (κ3) is 11.0. The number of cyclic esters (lactones) is 1. The van der Waals surface area contributed by atoms with E-state index in [1.807, 2.05) is 30.3 Å². The van der Waals surface area contributed by atoms with E-state index in [1.54, 1.807) is 13.8 Å². The first-order valence-electron chi connectivity index (χ1n) is 15.0. The number of hydrogen-bond donors (Lipinski definition) is 0. The molecule has 0 saturated carbocycles. The highest BCUT2D eigenvalue weighted by Gasteiger charge is 2.48. The lowest BCUT2D eigenvalue weighted by Gasteiger charge is -2.22. The van der Waals surface area contributed by atoms with Crippen LogP contribution in [0, 0.1) is 0 Å². The summed E-state index contributed by atoms with van der Waals surface area (Å²) in [4.78, 5) is 25.3. The van der Waals surface area contributed by atoms with E-state index in [9.17, 15) is 9.59 Å². The first-order chi connectivity index (χ1) is 18.9. The molecule has 0 N–H and O–H groups in total. The molecule has 2 aliphatic heterocycles. The second kappa shape index (κ2) is 16.7. The Morgan fingerprint density at radius 3 is 2.05 bits per heavy atom. The van der Waals surface area contributed by atoms with E-state index in [1.165, 1.54) is 64.2 Å². The van der Waals surface area contributed by atoms with E-state index in [4.69, 9.17) is 23.7 Å². The molecule has 3 rings (SSSR count). The molecule has 2 aliphatic rings. The Hall–Kier alpha value is -2.38. The maximum absolute atomic E-state index is 12.7. The summed E-state index contributed by atoms with van der Waals surface area (Å²) in [6.45, 7) is 6.30. The van der Waals surface area contributed by atoms with Crippen molar-refractivity contribution in [1.29, 1.82) is 0 Å². The zero-order valence-electron chi connectivity index (χ0n) is 24.2. The minimum Gasteiger partial charge on any atom is -0.485 e. The molecule has 0 aromatic heterocycles. The highest BCUT2D eigenvalue weighted by Crippen LogP contribution is 2.35. The van der Waals surface area contributed by atoms with Crippen LogP contribution in [0.15, 0.2) is 41.9 Å². The first kappa shape index (κ1) is 31.2. The highest BCUT2D eigenvalue weighted by molar-refractivity contribution is 5.92. The number of unbranched alkanes of at least 4 members (excludes halogenated alkanes) is 12. The Bertz CT molecular complexity index is 908.